The summed E-state index contributed by atoms with van der Waals surface area (Å²) < 4.78 is 20.7. The van der Waals surface area contributed by atoms with Crippen LogP contribution in [0.25, 0.3) is 21.1 Å². The summed E-state index contributed by atoms with van der Waals surface area (Å²) in [6.45, 7) is 9.80. The number of halogens is 1. The predicted molar refractivity (Wildman–Crippen MR) is 195 cm³/mol. The van der Waals surface area contributed by atoms with Crippen LogP contribution in [-0.2, 0) is 21.4 Å². The molecule has 5 rings (SSSR count). The van der Waals surface area contributed by atoms with Gasteiger partial charge in [0, 0.05) is 36.2 Å². The molecule has 1 saturated heterocycles. The van der Waals surface area contributed by atoms with E-state index < -0.39 is 17.7 Å². The van der Waals surface area contributed by atoms with Crippen LogP contribution < -0.4 is 10.5 Å². The summed E-state index contributed by atoms with van der Waals surface area (Å²) in [4.78, 5) is 35.4. The van der Waals surface area contributed by atoms with E-state index in [1.807, 2.05) is 36.4 Å². The molecule has 0 unspecified atom stereocenters. The maximum atomic E-state index is 14.9. The number of unbranched alkanes of at least 4 members (excludes halogenated alkanes) is 4. The van der Waals surface area contributed by atoms with Gasteiger partial charge in [0.25, 0.3) is 0 Å². The van der Waals surface area contributed by atoms with E-state index >= 15 is 0 Å². The number of carboxylic acid groups (broad SMARTS) is 1. The molecule has 3 aromatic carbocycles. The number of aliphatic carboxylic acids is 1. The minimum Gasteiger partial charge on any atom is -0.494 e. The van der Waals surface area contributed by atoms with E-state index in [-0.39, 0.29) is 36.7 Å². The number of nitrogens with zero attached hydrogens (tertiary/aromatic N) is 3. The number of hydrogen-bond acceptors (Lipinski definition) is 7. The third-order valence-corrected chi connectivity index (χ3v) is 9.56. The lowest BCUT2D eigenvalue weighted by Gasteiger charge is -2.36. The van der Waals surface area contributed by atoms with Crippen molar-refractivity contribution in [1.82, 2.24) is 15.1 Å². The van der Waals surface area contributed by atoms with E-state index in [0.29, 0.717) is 39.7 Å². The number of aromatic nitrogens is 2. The number of benzene rings is 3. The zero-order valence-corrected chi connectivity index (χ0v) is 30.1. The maximum absolute atomic E-state index is 14.9. The summed E-state index contributed by atoms with van der Waals surface area (Å²) in [6.07, 6.45) is 6.58. The molecule has 1 aromatic heterocycles. The average Bonchev–Trinajstić information content (AvgIpc) is 3.55. The Labute approximate surface area is 297 Å². The molecule has 1 aliphatic rings. The molecule has 3 N–H and O–H groups in total. The zero-order chi connectivity index (χ0) is 36.3. The Morgan fingerprint density at radius 3 is 2.20 bits per heavy atom. The van der Waals surface area contributed by atoms with Crippen molar-refractivity contribution in [3.63, 3.8) is 0 Å². The van der Waals surface area contributed by atoms with Crippen molar-refractivity contribution in [2.75, 3.05) is 19.7 Å². The van der Waals surface area contributed by atoms with Gasteiger partial charge in [-0.05, 0) is 77.9 Å². The highest BCUT2D eigenvalue weighted by Gasteiger charge is 2.35. The number of aryl methyl sites for hydroxylation is 1. The summed E-state index contributed by atoms with van der Waals surface area (Å²) in [5.41, 5.74) is 8.99. The number of likely N-dealkylation sites (tertiary alicyclic amines) is 1. The van der Waals surface area contributed by atoms with Gasteiger partial charge in [0.1, 0.15) is 16.6 Å². The normalized spacial score (nSPS) is 12.9. The highest BCUT2D eigenvalue weighted by molar-refractivity contribution is 7.17. The number of carbonyl (C=O) groups is 3. The number of primary amides is 1. The van der Waals surface area contributed by atoms with Crippen LogP contribution in [-0.4, -0.2) is 57.7 Å². The van der Waals surface area contributed by atoms with E-state index in [4.69, 9.17) is 15.6 Å². The standard InChI is InChI=1S/C28H32FN3O4S.C11H15NO/c1-2-3-4-5-6-15-36-22-11-9-20(10-12-22)26-30-31-27(37-26)23-13-7-19(16-24(23)29)8-14-25(33)32-17-21(18-32)28(34)35;1-11(2,3)9-6-4-8(5-7-9)10(12)13/h7,9-13,16,21H,2-6,8,14-15,17-18H2,1H3,(H,34,35);4-7H,1-3H3,(H2,12,13). The number of nitrogens with two attached hydrogens (primary N) is 1. The Morgan fingerprint density at radius 1 is 0.940 bits per heavy atom. The van der Waals surface area contributed by atoms with Gasteiger partial charge in [0.2, 0.25) is 11.8 Å². The Bertz CT molecular complexity index is 1730. The van der Waals surface area contributed by atoms with Gasteiger partial charge in [0.05, 0.1) is 12.5 Å². The molecule has 0 atom stereocenters. The number of amides is 2. The van der Waals surface area contributed by atoms with Crippen LogP contribution in [0.15, 0.2) is 66.7 Å². The zero-order valence-electron chi connectivity index (χ0n) is 29.3. The summed E-state index contributed by atoms with van der Waals surface area (Å²) in [7, 11) is 0. The minimum absolute atomic E-state index is 0.112. The number of carbonyl (C=O) groups excluding carboxylic acids is 2. The van der Waals surface area contributed by atoms with Crippen molar-refractivity contribution in [1.29, 1.82) is 0 Å². The van der Waals surface area contributed by atoms with Crippen molar-refractivity contribution in [3.8, 4) is 26.9 Å². The van der Waals surface area contributed by atoms with Gasteiger partial charge in [-0.15, -0.1) is 10.2 Å². The predicted octanol–water partition coefficient (Wildman–Crippen LogP) is 7.92. The molecule has 266 valence electrons. The molecule has 9 nitrogen and oxygen atoms in total. The molecular formula is C39H47FN4O5S. The van der Waals surface area contributed by atoms with Crippen molar-refractivity contribution in [2.24, 2.45) is 11.7 Å². The Balaban J connectivity index is 0.000000363. The quantitative estimate of drug-likeness (QED) is 0.127. The molecule has 1 fully saturated rings. The second-order valence-corrected chi connectivity index (χ2v) is 14.5. The van der Waals surface area contributed by atoms with Crippen LogP contribution >= 0.6 is 11.3 Å². The first-order valence-corrected chi connectivity index (χ1v) is 17.9. The van der Waals surface area contributed by atoms with Gasteiger partial charge in [0.15, 0.2) is 5.01 Å². The van der Waals surface area contributed by atoms with Crippen molar-refractivity contribution in [2.45, 2.75) is 78.1 Å². The fraction of sp³-hybridized carbons (Fsp3) is 0.410. The molecule has 0 saturated carbocycles. The molecule has 0 radical (unpaired) electrons. The van der Waals surface area contributed by atoms with Crippen molar-refractivity contribution < 1.29 is 28.6 Å². The van der Waals surface area contributed by atoms with Gasteiger partial charge in [-0.3, -0.25) is 14.4 Å². The maximum Gasteiger partial charge on any atom is 0.310 e. The van der Waals surface area contributed by atoms with Gasteiger partial charge >= 0.3 is 5.97 Å². The fourth-order valence-electron chi connectivity index (χ4n) is 5.31. The molecule has 50 heavy (non-hydrogen) atoms. The van der Waals surface area contributed by atoms with Crippen LogP contribution in [0.5, 0.6) is 5.75 Å². The summed E-state index contributed by atoms with van der Waals surface area (Å²) >= 11 is 1.32. The molecule has 1 aliphatic heterocycles. The average molecular weight is 703 g/mol. The van der Waals surface area contributed by atoms with Crippen molar-refractivity contribution in [3.05, 3.63) is 89.2 Å². The fourth-order valence-corrected chi connectivity index (χ4v) is 6.18. The van der Waals surface area contributed by atoms with Gasteiger partial charge in [-0.25, -0.2) is 4.39 Å². The first kappa shape index (κ1) is 38.2. The lowest BCUT2D eigenvalue weighted by Crippen LogP contribution is -2.53. The van der Waals surface area contributed by atoms with Gasteiger partial charge < -0.3 is 20.5 Å². The smallest absolute Gasteiger partial charge is 0.310 e. The lowest BCUT2D eigenvalue weighted by molar-refractivity contribution is -0.152. The first-order chi connectivity index (χ1) is 23.8. The molecular weight excluding hydrogens is 656 g/mol. The van der Waals surface area contributed by atoms with Crippen LogP contribution in [0.4, 0.5) is 4.39 Å². The SMILES string of the molecule is CC(C)(C)c1ccc(C(N)=O)cc1.CCCCCCCOc1ccc(-c2nnc(-c3ccc(CCC(=O)N4CC(C(=O)O)C4)cc3F)s2)cc1. The third-order valence-electron chi connectivity index (χ3n) is 8.55. The monoisotopic (exact) mass is 702 g/mol. The lowest BCUT2D eigenvalue weighted by atomic mass is 9.87. The van der Waals surface area contributed by atoms with E-state index in [1.165, 1.54) is 53.5 Å². The molecule has 11 heteroatoms. The Hall–Kier alpha value is -4.64. The summed E-state index contributed by atoms with van der Waals surface area (Å²) in [6, 6.07) is 20.0. The Kier molecular flexibility index (Phi) is 13.6. The highest BCUT2D eigenvalue weighted by Crippen LogP contribution is 2.33. The van der Waals surface area contributed by atoms with Gasteiger partial charge in [-0.2, -0.15) is 0 Å². The topological polar surface area (TPSA) is 136 Å². The van der Waals surface area contributed by atoms with E-state index in [0.717, 1.165) is 17.7 Å². The van der Waals surface area contributed by atoms with Crippen LogP contribution in [0.3, 0.4) is 0 Å². The molecule has 2 heterocycles. The Morgan fingerprint density at radius 2 is 1.60 bits per heavy atom. The number of hydrogen-bond donors (Lipinski definition) is 2. The largest absolute Gasteiger partial charge is 0.494 e. The van der Waals surface area contributed by atoms with Crippen LogP contribution in [0.2, 0.25) is 0 Å². The first-order valence-electron chi connectivity index (χ1n) is 17.1. The number of ether oxygens (including phenoxy) is 1. The molecule has 4 aromatic rings. The summed E-state index contributed by atoms with van der Waals surface area (Å²) in [5, 5.41) is 18.5. The third kappa shape index (κ3) is 10.9. The van der Waals surface area contributed by atoms with E-state index in [9.17, 15) is 18.8 Å². The van der Waals surface area contributed by atoms with Crippen LogP contribution in [0.1, 0.15) is 87.7 Å². The van der Waals surface area contributed by atoms with Crippen molar-refractivity contribution >= 4 is 29.1 Å². The number of rotatable bonds is 14. The molecule has 0 aliphatic carbocycles. The van der Waals surface area contributed by atoms with E-state index in [2.05, 4.69) is 37.9 Å². The molecule has 2 amide bonds. The van der Waals surface area contributed by atoms with E-state index in [1.54, 1.807) is 24.3 Å². The second kappa shape index (κ2) is 17.8. The second-order valence-electron chi connectivity index (χ2n) is 13.5. The van der Waals surface area contributed by atoms with Gasteiger partial charge in [-0.1, -0.05) is 82.9 Å². The summed E-state index contributed by atoms with van der Waals surface area (Å²) in [5.74, 6) is -1.44. The van der Waals surface area contributed by atoms with Crippen LogP contribution in [0, 0.1) is 11.7 Å². The molecule has 0 spiro atoms. The number of carboxylic acids is 1. The molecule has 0 bridgehead atoms. The minimum atomic E-state index is -0.879. The highest BCUT2D eigenvalue weighted by atomic mass is 32.1.